The number of carbonyl (C=O) groups is 2. The quantitative estimate of drug-likeness (QED) is 0.610. The number of hydrogen-bond donors (Lipinski definition) is 1. The molecule has 1 aliphatic rings. The zero-order valence-electron chi connectivity index (χ0n) is 18.0. The molecule has 5 nitrogen and oxygen atoms in total. The van der Waals surface area contributed by atoms with Gasteiger partial charge in [0.1, 0.15) is 0 Å². The molecule has 0 spiro atoms. The van der Waals surface area contributed by atoms with Crippen LogP contribution in [0.25, 0.3) is 0 Å². The number of rotatable bonds is 5. The van der Waals surface area contributed by atoms with Gasteiger partial charge in [0, 0.05) is 36.6 Å². The molecule has 1 N–H and O–H groups in total. The van der Waals surface area contributed by atoms with Gasteiger partial charge in [-0.15, -0.1) is 0 Å². The normalized spacial score (nSPS) is 13.9. The Balaban J connectivity index is 1.48. The molecule has 4 rings (SSSR count). The van der Waals surface area contributed by atoms with E-state index >= 15 is 0 Å². The van der Waals surface area contributed by atoms with Gasteiger partial charge in [-0.05, 0) is 55.7 Å². The van der Waals surface area contributed by atoms with Crippen LogP contribution in [-0.2, 0) is 6.54 Å². The van der Waals surface area contributed by atoms with E-state index in [2.05, 4.69) is 36.5 Å². The average molecular weight is 414 g/mol. The van der Waals surface area contributed by atoms with Gasteiger partial charge in [0.25, 0.3) is 5.91 Å². The Morgan fingerprint density at radius 2 is 1.71 bits per heavy atom. The third-order valence-electron chi connectivity index (χ3n) is 5.61. The highest BCUT2D eigenvalue weighted by Gasteiger charge is 2.27. The van der Waals surface area contributed by atoms with E-state index in [4.69, 9.17) is 0 Å². The fourth-order valence-electron chi connectivity index (χ4n) is 3.86. The second-order valence-corrected chi connectivity index (χ2v) is 8.01. The maximum Gasteiger partial charge on any atom is 0.324 e. The van der Waals surface area contributed by atoms with E-state index in [0.717, 1.165) is 29.8 Å². The topological polar surface area (TPSA) is 52.6 Å². The van der Waals surface area contributed by atoms with E-state index < -0.39 is 0 Å². The third kappa shape index (κ3) is 4.77. The summed E-state index contributed by atoms with van der Waals surface area (Å²) >= 11 is 0. The third-order valence-corrected chi connectivity index (χ3v) is 5.61. The molecule has 31 heavy (non-hydrogen) atoms. The van der Waals surface area contributed by atoms with Crippen LogP contribution in [0.1, 0.15) is 33.5 Å². The molecule has 3 aromatic rings. The summed E-state index contributed by atoms with van der Waals surface area (Å²) in [6, 6.07) is 23.3. The zero-order valence-corrected chi connectivity index (χ0v) is 18.0. The zero-order chi connectivity index (χ0) is 21.8. The summed E-state index contributed by atoms with van der Waals surface area (Å²) in [6.07, 6.45) is 0.900. The van der Waals surface area contributed by atoms with E-state index in [0.29, 0.717) is 24.3 Å². The second-order valence-electron chi connectivity index (χ2n) is 8.01. The highest BCUT2D eigenvalue weighted by Crippen LogP contribution is 2.25. The highest BCUT2D eigenvalue weighted by atomic mass is 16.2. The van der Waals surface area contributed by atoms with Crippen molar-refractivity contribution in [2.24, 2.45) is 0 Å². The van der Waals surface area contributed by atoms with Crippen LogP contribution in [-0.4, -0.2) is 29.9 Å². The van der Waals surface area contributed by atoms with Crippen LogP contribution in [0, 0.1) is 13.8 Å². The van der Waals surface area contributed by atoms with Crippen molar-refractivity contribution in [1.29, 1.82) is 0 Å². The lowest BCUT2D eigenvalue weighted by atomic mass is 10.1. The molecular weight excluding hydrogens is 386 g/mol. The fourth-order valence-corrected chi connectivity index (χ4v) is 3.86. The molecule has 5 heteroatoms. The van der Waals surface area contributed by atoms with Crippen molar-refractivity contribution in [1.82, 2.24) is 4.90 Å². The summed E-state index contributed by atoms with van der Waals surface area (Å²) in [6.45, 7) is 5.98. The number of hydrogen-bond acceptors (Lipinski definition) is 2. The summed E-state index contributed by atoms with van der Waals surface area (Å²) in [5.74, 6) is -0.152. The molecule has 0 aromatic heterocycles. The standard InChI is InChI=1S/C26H27N3O2/c1-19-11-13-21(14-12-19)18-28-15-6-16-29(26(28)31)23-9-5-8-22(17-23)27-25(30)24-10-4-3-7-20(24)2/h3-5,7-14,17H,6,15-16,18H2,1-2H3,(H,27,30). The monoisotopic (exact) mass is 413 g/mol. The predicted molar refractivity (Wildman–Crippen MR) is 125 cm³/mol. The molecule has 3 amide bonds. The molecule has 3 aromatic carbocycles. The Labute approximate surface area is 183 Å². The Bertz CT molecular complexity index is 1090. The van der Waals surface area contributed by atoms with Gasteiger partial charge in [0.2, 0.25) is 0 Å². The van der Waals surface area contributed by atoms with Crippen LogP contribution >= 0.6 is 0 Å². The number of nitrogens with zero attached hydrogens (tertiary/aromatic N) is 2. The molecular formula is C26H27N3O2. The van der Waals surface area contributed by atoms with Crippen molar-refractivity contribution >= 4 is 23.3 Å². The molecule has 1 saturated heterocycles. The molecule has 1 heterocycles. The van der Waals surface area contributed by atoms with Crippen molar-refractivity contribution in [3.05, 3.63) is 95.1 Å². The van der Waals surface area contributed by atoms with Crippen LogP contribution in [0.5, 0.6) is 0 Å². The SMILES string of the molecule is Cc1ccc(CN2CCCN(c3cccc(NC(=O)c4ccccc4C)c3)C2=O)cc1. The van der Waals surface area contributed by atoms with Crippen molar-refractivity contribution in [3.8, 4) is 0 Å². The first-order valence-corrected chi connectivity index (χ1v) is 10.6. The summed E-state index contributed by atoms with van der Waals surface area (Å²) in [5.41, 5.74) is 5.37. The highest BCUT2D eigenvalue weighted by molar-refractivity contribution is 6.05. The number of nitrogens with one attached hydrogen (secondary N) is 1. The molecule has 158 valence electrons. The number of benzene rings is 3. The Kier molecular flexibility index (Phi) is 6.03. The van der Waals surface area contributed by atoms with Crippen LogP contribution < -0.4 is 10.2 Å². The minimum absolute atomic E-state index is 0.00537. The lowest BCUT2D eigenvalue weighted by Gasteiger charge is -2.36. The van der Waals surface area contributed by atoms with E-state index in [9.17, 15) is 9.59 Å². The van der Waals surface area contributed by atoms with Gasteiger partial charge in [-0.2, -0.15) is 0 Å². The van der Waals surface area contributed by atoms with Crippen LogP contribution in [0.3, 0.4) is 0 Å². The smallest absolute Gasteiger partial charge is 0.322 e. The first-order valence-electron chi connectivity index (χ1n) is 10.6. The number of urea groups is 1. The van der Waals surface area contributed by atoms with Gasteiger partial charge in [-0.1, -0.05) is 54.1 Å². The molecule has 0 radical (unpaired) electrons. The molecule has 1 fully saturated rings. The van der Waals surface area contributed by atoms with Crippen molar-refractivity contribution in [2.75, 3.05) is 23.3 Å². The van der Waals surface area contributed by atoms with Gasteiger partial charge < -0.3 is 10.2 Å². The first-order chi connectivity index (χ1) is 15.0. The van der Waals surface area contributed by atoms with E-state index in [-0.39, 0.29) is 11.9 Å². The van der Waals surface area contributed by atoms with Crippen LogP contribution in [0.15, 0.2) is 72.8 Å². The van der Waals surface area contributed by atoms with Crippen LogP contribution in [0.2, 0.25) is 0 Å². The maximum absolute atomic E-state index is 13.2. The minimum Gasteiger partial charge on any atom is -0.322 e. The van der Waals surface area contributed by atoms with E-state index in [1.54, 1.807) is 4.90 Å². The molecule has 0 saturated carbocycles. The lowest BCUT2D eigenvalue weighted by molar-refractivity contribution is 0.102. The van der Waals surface area contributed by atoms with Crippen molar-refractivity contribution in [3.63, 3.8) is 0 Å². The Hall–Kier alpha value is -3.60. The average Bonchev–Trinajstić information content (AvgIpc) is 2.77. The summed E-state index contributed by atoms with van der Waals surface area (Å²) in [4.78, 5) is 29.5. The second kappa shape index (κ2) is 9.04. The fraction of sp³-hybridized carbons (Fsp3) is 0.231. The number of anilines is 2. The van der Waals surface area contributed by atoms with Crippen molar-refractivity contribution in [2.45, 2.75) is 26.8 Å². The maximum atomic E-state index is 13.2. The molecule has 1 aliphatic heterocycles. The first kappa shape index (κ1) is 20.7. The van der Waals surface area contributed by atoms with Gasteiger partial charge in [-0.3, -0.25) is 9.69 Å². The van der Waals surface area contributed by atoms with Gasteiger partial charge in [0.05, 0.1) is 0 Å². The van der Waals surface area contributed by atoms with Gasteiger partial charge in [0.15, 0.2) is 0 Å². The summed E-state index contributed by atoms with van der Waals surface area (Å²) in [7, 11) is 0. The van der Waals surface area contributed by atoms with Gasteiger partial charge in [-0.25, -0.2) is 4.79 Å². The van der Waals surface area contributed by atoms with E-state index in [1.807, 2.05) is 60.4 Å². The minimum atomic E-state index is -0.152. The predicted octanol–water partition coefficient (Wildman–Crippen LogP) is 5.39. The Morgan fingerprint density at radius 1 is 0.935 bits per heavy atom. The van der Waals surface area contributed by atoms with Gasteiger partial charge >= 0.3 is 6.03 Å². The van der Waals surface area contributed by atoms with E-state index in [1.165, 1.54) is 5.56 Å². The molecule has 0 aliphatic carbocycles. The van der Waals surface area contributed by atoms with Crippen LogP contribution in [0.4, 0.5) is 16.2 Å². The largest absolute Gasteiger partial charge is 0.324 e. The summed E-state index contributed by atoms with van der Waals surface area (Å²) in [5, 5.41) is 2.96. The molecule has 0 unspecified atom stereocenters. The lowest BCUT2D eigenvalue weighted by Crippen LogP contribution is -2.49. The number of aryl methyl sites for hydroxylation is 2. The number of amides is 3. The van der Waals surface area contributed by atoms with Crippen molar-refractivity contribution < 1.29 is 9.59 Å². The number of carbonyl (C=O) groups excluding carboxylic acids is 2. The summed E-state index contributed by atoms with van der Waals surface area (Å²) < 4.78 is 0. The molecule has 0 bridgehead atoms. The molecule has 0 atom stereocenters. The Morgan fingerprint density at radius 3 is 2.48 bits per heavy atom.